The van der Waals surface area contributed by atoms with Gasteiger partial charge in [-0.3, -0.25) is 4.79 Å². The van der Waals surface area contributed by atoms with Crippen LogP contribution in [0.3, 0.4) is 0 Å². The van der Waals surface area contributed by atoms with Gasteiger partial charge in [0, 0.05) is 24.7 Å². The molecule has 2 aromatic carbocycles. The normalized spacial score (nSPS) is 11.5. The maximum atomic E-state index is 12.0. The number of carbonyl (C=O) groups is 1. The first kappa shape index (κ1) is 17.7. The fourth-order valence-electron chi connectivity index (χ4n) is 2.23. The van der Waals surface area contributed by atoms with E-state index in [9.17, 15) is 4.79 Å². The Morgan fingerprint density at radius 2 is 1.58 bits per heavy atom. The Hall–Kier alpha value is -2.69. The van der Waals surface area contributed by atoms with E-state index in [1.807, 2.05) is 18.2 Å². The second-order valence-electron chi connectivity index (χ2n) is 5.45. The number of methoxy groups -OCH3 is 2. The van der Waals surface area contributed by atoms with Gasteiger partial charge in [-0.15, -0.1) is 0 Å². The van der Waals surface area contributed by atoms with Crippen LogP contribution in [0.5, 0.6) is 17.2 Å². The summed E-state index contributed by atoms with van der Waals surface area (Å²) in [5, 5.41) is 2.88. The smallest absolute Gasteiger partial charge is 0.257 e. The number of amides is 1. The van der Waals surface area contributed by atoms with Crippen molar-refractivity contribution in [2.24, 2.45) is 0 Å². The number of rotatable bonds is 8. The standard InChI is InChI=1S/C19H23NO4/c1-14(15-7-5-4-6-8-15)12-20-19(21)13-24-18-10-16(22-2)9-17(11-18)23-3/h4-11,14H,12-13H2,1-3H3,(H,20,21)/t14-/m0/s1. The third-order valence-corrected chi connectivity index (χ3v) is 3.67. The van der Waals surface area contributed by atoms with Crippen LogP contribution >= 0.6 is 0 Å². The van der Waals surface area contributed by atoms with Crippen molar-refractivity contribution in [1.29, 1.82) is 0 Å². The highest BCUT2D eigenvalue weighted by Crippen LogP contribution is 2.27. The van der Waals surface area contributed by atoms with Crippen LogP contribution in [-0.2, 0) is 4.79 Å². The molecule has 0 saturated carbocycles. The summed E-state index contributed by atoms with van der Waals surface area (Å²) in [7, 11) is 3.13. The van der Waals surface area contributed by atoms with Crippen molar-refractivity contribution in [2.45, 2.75) is 12.8 Å². The van der Waals surface area contributed by atoms with Gasteiger partial charge in [0.15, 0.2) is 6.61 Å². The van der Waals surface area contributed by atoms with E-state index in [0.29, 0.717) is 23.8 Å². The maximum Gasteiger partial charge on any atom is 0.257 e. The van der Waals surface area contributed by atoms with E-state index in [1.54, 1.807) is 32.4 Å². The maximum absolute atomic E-state index is 12.0. The summed E-state index contributed by atoms with van der Waals surface area (Å²) < 4.78 is 15.9. The van der Waals surface area contributed by atoms with Crippen molar-refractivity contribution < 1.29 is 19.0 Å². The third kappa shape index (κ3) is 5.19. The van der Waals surface area contributed by atoms with Crippen LogP contribution in [0.15, 0.2) is 48.5 Å². The van der Waals surface area contributed by atoms with Gasteiger partial charge in [0.2, 0.25) is 0 Å². The van der Waals surface area contributed by atoms with Gasteiger partial charge in [-0.2, -0.15) is 0 Å². The van der Waals surface area contributed by atoms with Crippen LogP contribution in [0, 0.1) is 0 Å². The van der Waals surface area contributed by atoms with Crippen LogP contribution < -0.4 is 19.5 Å². The molecule has 0 heterocycles. The second kappa shape index (κ2) is 8.82. The Morgan fingerprint density at radius 3 is 2.17 bits per heavy atom. The number of hydrogen-bond acceptors (Lipinski definition) is 4. The molecule has 0 aliphatic heterocycles. The average molecular weight is 329 g/mol. The summed E-state index contributed by atoms with van der Waals surface area (Å²) in [6.45, 7) is 2.58. The van der Waals surface area contributed by atoms with Crippen molar-refractivity contribution in [2.75, 3.05) is 27.4 Å². The highest BCUT2D eigenvalue weighted by Gasteiger charge is 2.09. The fraction of sp³-hybridized carbons (Fsp3) is 0.316. The number of benzene rings is 2. The third-order valence-electron chi connectivity index (χ3n) is 3.67. The lowest BCUT2D eigenvalue weighted by atomic mass is 10.0. The molecule has 128 valence electrons. The second-order valence-corrected chi connectivity index (χ2v) is 5.45. The molecule has 1 N–H and O–H groups in total. The molecule has 1 atom stereocenters. The molecule has 0 aliphatic rings. The lowest BCUT2D eigenvalue weighted by Crippen LogP contribution is -2.31. The predicted octanol–water partition coefficient (Wildman–Crippen LogP) is 3.00. The van der Waals surface area contributed by atoms with Gasteiger partial charge in [-0.05, 0) is 11.5 Å². The summed E-state index contributed by atoms with van der Waals surface area (Å²) in [6.07, 6.45) is 0. The highest BCUT2D eigenvalue weighted by atomic mass is 16.5. The van der Waals surface area contributed by atoms with Gasteiger partial charge >= 0.3 is 0 Å². The van der Waals surface area contributed by atoms with E-state index < -0.39 is 0 Å². The predicted molar refractivity (Wildman–Crippen MR) is 92.9 cm³/mol. The van der Waals surface area contributed by atoms with E-state index in [0.717, 1.165) is 0 Å². The fourth-order valence-corrected chi connectivity index (χ4v) is 2.23. The number of nitrogens with one attached hydrogen (secondary N) is 1. The first-order chi connectivity index (χ1) is 11.6. The van der Waals surface area contributed by atoms with Crippen molar-refractivity contribution in [3.8, 4) is 17.2 Å². The Labute approximate surface area is 142 Å². The SMILES string of the molecule is COc1cc(OC)cc(OCC(=O)NC[C@H](C)c2ccccc2)c1. The van der Waals surface area contributed by atoms with Crippen molar-refractivity contribution >= 4 is 5.91 Å². The number of hydrogen-bond donors (Lipinski definition) is 1. The molecule has 24 heavy (non-hydrogen) atoms. The highest BCUT2D eigenvalue weighted by molar-refractivity contribution is 5.77. The molecular formula is C19H23NO4. The quantitative estimate of drug-likeness (QED) is 0.809. The van der Waals surface area contributed by atoms with Crippen LogP contribution in [0.1, 0.15) is 18.4 Å². The van der Waals surface area contributed by atoms with Crippen LogP contribution in [0.2, 0.25) is 0 Å². The first-order valence-electron chi connectivity index (χ1n) is 7.80. The van der Waals surface area contributed by atoms with E-state index in [-0.39, 0.29) is 18.4 Å². The number of carbonyl (C=O) groups excluding carboxylic acids is 1. The lowest BCUT2D eigenvalue weighted by Gasteiger charge is -2.14. The topological polar surface area (TPSA) is 56.8 Å². The van der Waals surface area contributed by atoms with Crippen LogP contribution in [0.4, 0.5) is 0 Å². The van der Waals surface area contributed by atoms with Gasteiger partial charge in [0.1, 0.15) is 17.2 Å². The van der Waals surface area contributed by atoms with Gasteiger partial charge < -0.3 is 19.5 Å². The summed E-state index contributed by atoms with van der Waals surface area (Å²) in [5.41, 5.74) is 1.19. The van der Waals surface area contributed by atoms with Crippen LogP contribution in [-0.4, -0.2) is 33.3 Å². The van der Waals surface area contributed by atoms with Gasteiger partial charge in [0.05, 0.1) is 14.2 Å². The minimum absolute atomic E-state index is 0.0577. The molecule has 2 aromatic rings. The molecule has 1 amide bonds. The molecule has 0 aromatic heterocycles. The molecule has 5 heteroatoms. The summed E-state index contributed by atoms with van der Waals surface area (Å²) in [4.78, 5) is 12.0. The van der Waals surface area contributed by atoms with Gasteiger partial charge in [0.25, 0.3) is 5.91 Å². The van der Waals surface area contributed by atoms with E-state index in [2.05, 4.69) is 24.4 Å². The van der Waals surface area contributed by atoms with Crippen molar-refractivity contribution in [3.05, 3.63) is 54.1 Å². The Bertz CT molecular complexity index is 635. The van der Waals surface area contributed by atoms with Gasteiger partial charge in [-0.25, -0.2) is 0 Å². The minimum atomic E-state index is -0.167. The summed E-state index contributed by atoms with van der Waals surface area (Å²) in [5.74, 6) is 1.83. The monoisotopic (exact) mass is 329 g/mol. The largest absolute Gasteiger partial charge is 0.496 e. The van der Waals surface area contributed by atoms with E-state index in [4.69, 9.17) is 14.2 Å². The molecular weight excluding hydrogens is 306 g/mol. The Morgan fingerprint density at radius 1 is 1.00 bits per heavy atom. The molecule has 0 saturated heterocycles. The zero-order valence-electron chi connectivity index (χ0n) is 14.2. The molecule has 2 rings (SSSR count). The molecule has 0 unspecified atom stereocenters. The number of ether oxygens (including phenoxy) is 3. The first-order valence-corrected chi connectivity index (χ1v) is 7.80. The Kier molecular flexibility index (Phi) is 6.49. The molecule has 0 aliphatic carbocycles. The molecule has 0 spiro atoms. The van der Waals surface area contributed by atoms with E-state index >= 15 is 0 Å². The van der Waals surface area contributed by atoms with Crippen molar-refractivity contribution in [1.82, 2.24) is 5.32 Å². The van der Waals surface area contributed by atoms with Gasteiger partial charge in [-0.1, -0.05) is 37.3 Å². The molecule has 0 radical (unpaired) electrons. The lowest BCUT2D eigenvalue weighted by molar-refractivity contribution is -0.123. The molecule has 0 fully saturated rings. The average Bonchev–Trinajstić information content (AvgIpc) is 2.64. The minimum Gasteiger partial charge on any atom is -0.496 e. The van der Waals surface area contributed by atoms with Crippen molar-refractivity contribution in [3.63, 3.8) is 0 Å². The summed E-state index contributed by atoms with van der Waals surface area (Å²) in [6, 6.07) is 15.2. The summed E-state index contributed by atoms with van der Waals surface area (Å²) >= 11 is 0. The zero-order valence-corrected chi connectivity index (χ0v) is 14.2. The molecule has 0 bridgehead atoms. The van der Waals surface area contributed by atoms with Crippen LogP contribution in [0.25, 0.3) is 0 Å². The zero-order chi connectivity index (χ0) is 17.4. The Balaban J connectivity index is 1.83. The molecule has 5 nitrogen and oxygen atoms in total. The van der Waals surface area contributed by atoms with E-state index in [1.165, 1.54) is 5.56 Å².